The van der Waals surface area contributed by atoms with Gasteiger partial charge in [0.25, 0.3) is 0 Å². The summed E-state index contributed by atoms with van der Waals surface area (Å²) in [4.78, 5) is 30.4. The van der Waals surface area contributed by atoms with Crippen molar-refractivity contribution in [3.63, 3.8) is 0 Å². The second kappa shape index (κ2) is 25.3. The number of rotatable bonds is 8. The minimum absolute atomic E-state index is 0. The molecule has 0 bridgehead atoms. The fourth-order valence-electron chi connectivity index (χ4n) is 0.852. The third-order valence-electron chi connectivity index (χ3n) is 2.12. The van der Waals surface area contributed by atoms with Crippen LogP contribution in [0.5, 0.6) is 0 Å². The van der Waals surface area contributed by atoms with Gasteiger partial charge in [-0.2, -0.15) is 0 Å². The maximum atomic E-state index is 10.4. The van der Waals surface area contributed by atoms with Crippen LogP contribution in [0.4, 0.5) is 0 Å². The molecule has 9 nitrogen and oxygen atoms in total. The number of carboxylic acid groups (broad SMARTS) is 1. The van der Waals surface area contributed by atoms with E-state index in [-0.39, 0.29) is 25.7 Å². The second-order valence-corrected chi connectivity index (χ2v) is 3.99. The van der Waals surface area contributed by atoms with Gasteiger partial charge in [0.05, 0.1) is 6.42 Å². The summed E-state index contributed by atoms with van der Waals surface area (Å²) in [6.45, 7) is 1.73. The van der Waals surface area contributed by atoms with E-state index in [1.165, 1.54) is 0 Å². The number of carbonyl (C=O) groups excluding carboxylic acids is 2. The lowest BCUT2D eigenvalue weighted by Gasteiger charge is -1.95. The first kappa shape index (κ1) is 29.3. The fourth-order valence-corrected chi connectivity index (χ4v) is 0.852. The van der Waals surface area contributed by atoms with Crippen LogP contribution in [0.15, 0.2) is 0 Å². The molecule has 0 aliphatic heterocycles. The molecule has 9 heteroatoms. The third-order valence-corrected chi connectivity index (χ3v) is 2.12. The standard InChI is InChI=1S/C5H12N2O.C4H10N2O.C4H9NO2.CH4/c1-6-4-3-5(8)7-2;1-6-4(7)2-3-5;1-5-3-2-4(6)7;/h6H,3-4H2,1-2H3,(H,7,8);2-3,5H2,1H3,(H,6,7);5H,2-3H2,1H3,(H,6,7);1H4. The first-order valence-electron chi connectivity index (χ1n) is 7.01. The molecule has 0 heterocycles. The molecule has 2 amide bonds. The van der Waals surface area contributed by atoms with Gasteiger partial charge in [0.2, 0.25) is 11.8 Å². The minimum Gasteiger partial charge on any atom is -0.481 e. The smallest absolute Gasteiger partial charge is 0.304 e. The van der Waals surface area contributed by atoms with Crippen LogP contribution in [0.1, 0.15) is 26.7 Å². The zero-order valence-corrected chi connectivity index (χ0v) is 14.0. The van der Waals surface area contributed by atoms with E-state index in [1.54, 1.807) is 21.1 Å². The summed E-state index contributed by atoms with van der Waals surface area (Å²) < 4.78 is 0. The molecule has 0 spiro atoms. The van der Waals surface area contributed by atoms with Crippen molar-refractivity contribution < 1.29 is 19.5 Å². The lowest BCUT2D eigenvalue weighted by atomic mass is 10.4. The molecule has 0 aromatic carbocycles. The Kier molecular flexibility index (Phi) is 32.2. The fraction of sp³-hybridized carbons (Fsp3) is 0.786. The van der Waals surface area contributed by atoms with E-state index in [2.05, 4.69) is 21.3 Å². The summed E-state index contributed by atoms with van der Waals surface area (Å²) in [6.07, 6.45) is 1.19. The van der Waals surface area contributed by atoms with E-state index in [0.717, 1.165) is 6.54 Å². The Balaban J connectivity index is -0.000000116. The molecule has 0 aliphatic carbocycles. The van der Waals surface area contributed by atoms with Crippen LogP contribution >= 0.6 is 0 Å². The molecule has 0 unspecified atom stereocenters. The summed E-state index contributed by atoms with van der Waals surface area (Å²) in [7, 11) is 6.78. The van der Waals surface area contributed by atoms with Gasteiger partial charge in [-0.1, -0.05) is 7.43 Å². The topological polar surface area (TPSA) is 146 Å². The van der Waals surface area contributed by atoms with Gasteiger partial charge in [-0.25, -0.2) is 0 Å². The van der Waals surface area contributed by atoms with Crippen LogP contribution in [-0.2, 0) is 14.4 Å². The minimum atomic E-state index is -0.755. The van der Waals surface area contributed by atoms with Crippen molar-refractivity contribution in [2.45, 2.75) is 26.7 Å². The Hall–Kier alpha value is -1.71. The van der Waals surface area contributed by atoms with Gasteiger partial charge >= 0.3 is 5.97 Å². The summed E-state index contributed by atoms with van der Waals surface area (Å²) in [5.41, 5.74) is 5.04. The van der Waals surface area contributed by atoms with Gasteiger partial charge in [0.1, 0.15) is 0 Å². The highest BCUT2D eigenvalue weighted by atomic mass is 16.4. The van der Waals surface area contributed by atoms with Crippen LogP contribution in [0.3, 0.4) is 0 Å². The Morgan fingerprint density at radius 2 is 1.22 bits per heavy atom. The van der Waals surface area contributed by atoms with Crippen LogP contribution in [-0.4, -0.2) is 70.7 Å². The molecule has 0 aromatic heterocycles. The highest BCUT2D eigenvalue weighted by Crippen LogP contribution is 1.72. The Bertz CT molecular complexity index is 288. The summed E-state index contributed by atoms with van der Waals surface area (Å²) in [6, 6.07) is 0. The van der Waals surface area contributed by atoms with E-state index in [9.17, 15) is 14.4 Å². The Morgan fingerprint density at radius 3 is 1.43 bits per heavy atom. The average molecular weight is 337 g/mol. The molecule has 0 fully saturated rings. The number of aliphatic carboxylic acids is 1. The highest BCUT2D eigenvalue weighted by molar-refractivity contribution is 5.75. The molecule has 0 saturated carbocycles. The molecule has 0 radical (unpaired) electrons. The third kappa shape index (κ3) is 38.4. The SMILES string of the molecule is C.CNC(=O)CCN.CNCCC(=O)NC.CNCCC(=O)O. The number of carbonyl (C=O) groups is 3. The van der Waals surface area contributed by atoms with E-state index in [0.29, 0.717) is 25.9 Å². The van der Waals surface area contributed by atoms with Crippen molar-refractivity contribution in [2.24, 2.45) is 5.73 Å². The number of hydrogen-bond donors (Lipinski definition) is 6. The van der Waals surface area contributed by atoms with Gasteiger partial charge in [-0.05, 0) is 14.1 Å². The van der Waals surface area contributed by atoms with E-state index in [1.807, 2.05) is 7.05 Å². The second-order valence-electron chi connectivity index (χ2n) is 3.99. The monoisotopic (exact) mass is 337 g/mol. The van der Waals surface area contributed by atoms with E-state index < -0.39 is 5.97 Å². The number of amides is 2. The lowest BCUT2D eigenvalue weighted by molar-refractivity contribution is -0.136. The van der Waals surface area contributed by atoms with Crippen LogP contribution in [0.25, 0.3) is 0 Å². The van der Waals surface area contributed by atoms with Crippen LogP contribution in [0.2, 0.25) is 0 Å². The molecular weight excluding hydrogens is 302 g/mol. The zero-order valence-electron chi connectivity index (χ0n) is 14.0. The van der Waals surface area contributed by atoms with Gasteiger partial charge < -0.3 is 32.1 Å². The van der Waals surface area contributed by atoms with Crippen molar-refractivity contribution in [3.8, 4) is 0 Å². The van der Waals surface area contributed by atoms with Gasteiger partial charge in [0, 0.05) is 46.6 Å². The molecule has 0 saturated heterocycles. The van der Waals surface area contributed by atoms with Crippen molar-refractivity contribution in [3.05, 3.63) is 0 Å². The molecule has 0 rings (SSSR count). The lowest BCUT2D eigenvalue weighted by Crippen LogP contribution is -2.22. The van der Waals surface area contributed by atoms with Gasteiger partial charge in [0.15, 0.2) is 0 Å². The van der Waals surface area contributed by atoms with Crippen molar-refractivity contribution >= 4 is 17.8 Å². The first-order chi connectivity index (χ1) is 10.4. The summed E-state index contributed by atoms with van der Waals surface area (Å²) in [5.74, 6) is -0.670. The molecular formula is C14H35N5O4. The predicted octanol–water partition coefficient (Wildman–Crippen LogP) is -1.26. The highest BCUT2D eigenvalue weighted by Gasteiger charge is 1.92. The Morgan fingerprint density at radius 1 is 0.826 bits per heavy atom. The van der Waals surface area contributed by atoms with E-state index in [4.69, 9.17) is 10.8 Å². The normalized spacial score (nSPS) is 8.22. The summed E-state index contributed by atoms with van der Waals surface area (Å²) in [5, 5.41) is 18.6. The molecule has 0 aliphatic rings. The Labute approximate surface area is 139 Å². The molecule has 23 heavy (non-hydrogen) atoms. The quantitative estimate of drug-likeness (QED) is 0.324. The van der Waals surface area contributed by atoms with Crippen LogP contribution in [0, 0.1) is 0 Å². The summed E-state index contributed by atoms with van der Waals surface area (Å²) >= 11 is 0. The van der Waals surface area contributed by atoms with Crippen molar-refractivity contribution in [1.29, 1.82) is 0 Å². The number of nitrogens with two attached hydrogens (primary N) is 1. The predicted molar refractivity (Wildman–Crippen MR) is 93.3 cm³/mol. The molecule has 7 N–H and O–H groups in total. The molecule has 0 atom stereocenters. The average Bonchev–Trinajstić information content (AvgIpc) is 2.51. The molecule has 140 valence electrons. The van der Waals surface area contributed by atoms with Crippen molar-refractivity contribution in [1.82, 2.24) is 21.3 Å². The number of hydrogen-bond acceptors (Lipinski definition) is 6. The zero-order chi connectivity index (χ0) is 17.8. The van der Waals surface area contributed by atoms with Crippen molar-refractivity contribution in [2.75, 3.05) is 47.8 Å². The largest absolute Gasteiger partial charge is 0.481 e. The maximum absolute atomic E-state index is 10.4. The number of carboxylic acids is 1. The van der Waals surface area contributed by atoms with Gasteiger partial charge in [-0.3, -0.25) is 14.4 Å². The first-order valence-corrected chi connectivity index (χ1v) is 7.01. The molecule has 0 aromatic rings. The van der Waals surface area contributed by atoms with Gasteiger partial charge in [-0.15, -0.1) is 0 Å². The van der Waals surface area contributed by atoms with Crippen LogP contribution < -0.4 is 27.0 Å². The maximum Gasteiger partial charge on any atom is 0.304 e. The van der Waals surface area contributed by atoms with E-state index >= 15 is 0 Å². The number of nitrogens with one attached hydrogen (secondary N) is 4.